The standard InChI is InChI=1S/C13H20BrFN2/c1-3-7-16-8-9-17(2)10-11-5-4-6-12(14)13(11)15/h4-6,16H,3,7-10H2,1-2H3. The van der Waals surface area contributed by atoms with Crippen molar-refractivity contribution in [3.05, 3.63) is 34.1 Å². The predicted octanol–water partition coefficient (Wildman–Crippen LogP) is 3.02. The number of nitrogens with one attached hydrogen (secondary N) is 1. The molecule has 0 amide bonds. The molecule has 0 atom stereocenters. The number of hydrogen-bond acceptors (Lipinski definition) is 2. The Balaban J connectivity index is 2.39. The maximum absolute atomic E-state index is 13.7. The van der Waals surface area contributed by atoms with Gasteiger partial charge in [-0.05, 0) is 42.0 Å². The summed E-state index contributed by atoms with van der Waals surface area (Å²) in [6.45, 7) is 5.69. The van der Waals surface area contributed by atoms with Gasteiger partial charge in [0, 0.05) is 25.2 Å². The van der Waals surface area contributed by atoms with Gasteiger partial charge in [0.15, 0.2) is 0 Å². The molecule has 96 valence electrons. The average molecular weight is 303 g/mol. The Morgan fingerprint density at radius 1 is 1.35 bits per heavy atom. The number of rotatable bonds is 7. The summed E-state index contributed by atoms with van der Waals surface area (Å²) < 4.78 is 14.3. The van der Waals surface area contributed by atoms with Crippen LogP contribution < -0.4 is 5.32 Å². The number of halogens is 2. The Bertz CT molecular complexity index is 344. The molecular formula is C13H20BrFN2. The van der Waals surface area contributed by atoms with Crippen molar-refractivity contribution in [1.29, 1.82) is 0 Å². The summed E-state index contributed by atoms with van der Waals surface area (Å²) in [6.07, 6.45) is 1.14. The third-order valence-electron chi connectivity index (χ3n) is 2.57. The smallest absolute Gasteiger partial charge is 0.141 e. The van der Waals surface area contributed by atoms with E-state index in [1.807, 2.05) is 19.2 Å². The maximum atomic E-state index is 13.7. The highest BCUT2D eigenvalue weighted by molar-refractivity contribution is 9.10. The number of benzene rings is 1. The monoisotopic (exact) mass is 302 g/mol. The van der Waals surface area contributed by atoms with Gasteiger partial charge in [-0.15, -0.1) is 0 Å². The van der Waals surface area contributed by atoms with E-state index in [4.69, 9.17) is 0 Å². The minimum atomic E-state index is -0.152. The van der Waals surface area contributed by atoms with E-state index in [2.05, 4.69) is 33.1 Å². The van der Waals surface area contributed by atoms with Crippen LogP contribution in [0.1, 0.15) is 18.9 Å². The molecule has 1 aromatic carbocycles. The van der Waals surface area contributed by atoms with Crippen LogP contribution in [0.4, 0.5) is 4.39 Å². The average Bonchev–Trinajstić information content (AvgIpc) is 2.31. The Hall–Kier alpha value is -0.450. The van der Waals surface area contributed by atoms with Gasteiger partial charge in [-0.25, -0.2) is 4.39 Å². The SMILES string of the molecule is CCCNCCN(C)Cc1cccc(Br)c1F. The van der Waals surface area contributed by atoms with Gasteiger partial charge in [-0.1, -0.05) is 19.1 Å². The molecule has 0 unspecified atom stereocenters. The van der Waals surface area contributed by atoms with Crippen LogP contribution in [-0.4, -0.2) is 31.6 Å². The van der Waals surface area contributed by atoms with Gasteiger partial charge in [0.25, 0.3) is 0 Å². The van der Waals surface area contributed by atoms with Gasteiger partial charge in [0.2, 0.25) is 0 Å². The minimum absolute atomic E-state index is 0.152. The molecule has 0 aliphatic rings. The molecule has 0 spiro atoms. The van der Waals surface area contributed by atoms with Crippen molar-refractivity contribution in [3.63, 3.8) is 0 Å². The first-order chi connectivity index (χ1) is 8.15. The van der Waals surface area contributed by atoms with E-state index in [0.29, 0.717) is 11.0 Å². The molecule has 4 heteroatoms. The molecule has 1 N–H and O–H groups in total. The van der Waals surface area contributed by atoms with Crippen molar-refractivity contribution >= 4 is 15.9 Å². The molecule has 0 aliphatic carbocycles. The molecule has 1 rings (SSSR count). The summed E-state index contributed by atoms with van der Waals surface area (Å²) >= 11 is 3.20. The number of likely N-dealkylation sites (N-methyl/N-ethyl adjacent to an activating group) is 1. The molecule has 0 saturated carbocycles. The Morgan fingerprint density at radius 3 is 2.82 bits per heavy atom. The van der Waals surface area contributed by atoms with E-state index < -0.39 is 0 Å². The first kappa shape index (κ1) is 14.6. The zero-order valence-corrected chi connectivity index (χ0v) is 12.1. The third-order valence-corrected chi connectivity index (χ3v) is 3.18. The van der Waals surface area contributed by atoms with Crippen LogP contribution in [0.5, 0.6) is 0 Å². The lowest BCUT2D eigenvalue weighted by Gasteiger charge is -2.17. The summed E-state index contributed by atoms with van der Waals surface area (Å²) in [5, 5.41) is 3.33. The fraction of sp³-hybridized carbons (Fsp3) is 0.538. The fourth-order valence-electron chi connectivity index (χ4n) is 1.61. The van der Waals surface area contributed by atoms with Gasteiger partial charge >= 0.3 is 0 Å². The molecule has 0 bridgehead atoms. The summed E-state index contributed by atoms with van der Waals surface area (Å²) in [5.41, 5.74) is 0.734. The van der Waals surface area contributed by atoms with Gasteiger partial charge in [-0.3, -0.25) is 0 Å². The van der Waals surface area contributed by atoms with E-state index in [9.17, 15) is 4.39 Å². The quantitative estimate of drug-likeness (QED) is 0.779. The molecule has 0 saturated heterocycles. The third kappa shape index (κ3) is 5.15. The van der Waals surface area contributed by atoms with Gasteiger partial charge < -0.3 is 10.2 Å². The molecule has 0 aliphatic heterocycles. The van der Waals surface area contributed by atoms with Gasteiger partial charge in [0.1, 0.15) is 5.82 Å². The first-order valence-electron chi connectivity index (χ1n) is 5.97. The molecule has 0 fully saturated rings. The van der Waals surface area contributed by atoms with E-state index >= 15 is 0 Å². The largest absolute Gasteiger partial charge is 0.315 e. The molecular weight excluding hydrogens is 283 g/mol. The zero-order valence-electron chi connectivity index (χ0n) is 10.5. The first-order valence-corrected chi connectivity index (χ1v) is 6.76. The number of nitrogens with zero attached hydrogens (tertiary/aromatic N) is 1. The van der Waals surface area contributed by atoms with Crippen LogP contribution >= 0.6 is 15.9 Å². The van der Waals surface area contributed by atoms with Gasteiger partial charge in [-0.2, -0.15) is 0 Å². The second-order valence-electron chi connectivity index (χ2n) is 4.20. The fourth-order valence-corrected chi connectivity index (χ4v) is 2.02. The van der Waals surface area contributed by atoms with Crippen molar-refractivity contribution in [1.82, 2.24) is 10.2 Å². The highest BCUT2D eigenvalue weighted by atomic mass is 79.9. The highest BCUT2D eigenvalue weighted by Crippen LogP contribution is 2.19. The summed E-state index contributed by atoms with van der Waals surface area (Å²) in [6, 6.07) is 5.42. The zero-order chi connectivity index (χ0) is 12.7. The van der Waals surface area contributed by atoms with Crippen LogP contribution in [0.25, 0.3) is 0 Å². The molecule has 17 heavy (non-hydrogen) atoms. The van der Waals surface area contributed by atoms with E-state index in [1.165, 1.54) is 0 Å². The van der Waals surface area contributed by atoms with Crippen LogP contribution in [-0.2, 0) is 6.54 Å². The van der Waals surface area contributed by atoms with E-state index in [-0.39, 0.29) is 5.82 Å². The molecule has 0 heterocycles. The number of hydrogen-bond donors (Lipinski definition) is 1. The normalized spacial score (nSPS) is 11.1. The van der Waals surface area contributed by atoms with Crippen molar-refractivity contribution in [3.8, 4) is 0 Å². The predicted molar refractivity (Wildman–Crippen MR) is 73.6 cm³/mol. The molecule has 0 radical (unpaired) electrons. The maximum Gasteiger partial charge on any atom is 0.141 e. The molecule has 2 nitrogen and oxygen atoms in total. The van der Waals surface area contributed by atoms with Crippen molar-refractivity contribution in [2.45, 2.75) is 19.9 Å². The summed E-state index contributed by atoms with van der Waals surface area (Å²) in [4.78, 5) is 2.12. The van der Waals surface area contributed by atoms with Gasteiger partial charge in [0.05, 0.1) is 4.47 Å². The highest BCUT2D eigenvalue weighted by Gasteiger charge is 2.07. The second kappa shape index (κ2) is 7.80. The Morgan fingerprint density at radius 2 is 2.12 bits per heavy atom. The Kier molecular flexibility index (Phi) is 6.70. The molecule has 1 aromatic rings. The second-order valence-corrected chi connectivity index (χ2v) is 5.06. The van der Waals surface area contributed by atoms with Crippen molar-refractivity contribution < 1.29 is 4.39 Å². The van der Waals surface area contributed by atoms with E-state index in [1.54, 1.807) is 6.07 Å². The topological polar surface area (TPSA) is 15.3 Å². The summed E-state index contributed by atoms with van der Waals surface area (Å²) in [7, 11) is 2.01. The summed E-state index contributed by atoms with van der Waals surface area (Å²) in [5.74, 6) is -0.152. The molecule has 0 aromatic heterocycles. The van der Waals surface area contributed by atoms with Crippen LogP contribution in [0.3, 0.4) is 0 Å². The van der Waals surface area contributed by atoms with Crippen LogP contribution in [0, 0.1) is 5.82 Å². The van der Waals surface area contributed by atoms with Crippen LogP contribution in [0.15, 0.2) is 22.7 Å². The Labute approximate surface area is 111 Å². The lowest BCUT2D eigenvalue weighted by Crippen LogP contribution is -2.29. The van der Waals surface area contributed by atoms with Crippen molar-refractivity contribution in [2.24, 2.45) is 0 Å². The minimum Gasteiger partial charge on any atom is -0.315 e. The van der Waals surface area contributed by atoms with Crippen molar-refractivity contribution in [2.75, 3.05) is 26.7 Å². The lowest BCUT2D eigenvalue weighted by molar-refractivity contribution is 0.319. The van der Waals surface area contributed by atoms with Crippen LogP contribution in [0.2, 0.25) is 0 Å². The lowest BCUT2D eigenvalue weighted by atomic mass is 10.2. The van der Waals surface area contributed by atoms with E-state index in [0.717, 1.165) is 31.6 Å².